The lowest BCUT2D eigenvalue weighted by Gasteiger charge is -2.36. The van der Waals surface area contributed by atoms with Crippen LogP contribution in [0.1, 0.15) is 65.4 Å². The number of hydrogen-bond acceptors (Lipinski definition) is 4. The molecule has 0 N–H and O–H groups in total. The van der Waals surface area contributed by atoms with E-state index in [-0.39, 0.29) is 11.0 Å². The van der Waals surface area contributed by atoms with E-state index in [0.717, 1.165) is 45.3 Å². The molecule has 5 heteroatoms. The number of esters is 1. The van der Waals surface area contributed by atoms with E-state index in [2.05, 4.69) is 46.0 Å². The van der Waals surface area contributed by atoms with Crippen LogP contribution in [0.25, 0.3) is 0 Å². The predicted octanol–water partition coefficient (Wildman–Crippen LogP) is 7.22. The van der Waals surface area contributed by atoms with Gasteiger partial charge in [-0.3, -0.25) is 0 Å². The monoisotopic (exact) mass is 484 g/mol. The van der Waals surface area contributed by atoms with Gasteiger partial charge in [-0.1, -0.05) is 56.7 Å². The van der Waals surface area contributed by atoms with E-state index in [1.165, 1.54) is 22.3 Å². The number of ether oxygens (including phenoxy) is 2. The summed E-state index contributed by atoms with van der Waals surface area (Å²) in [4.78, 5) is 12.3. The lowest BCUT2D eigenvalue weighted by Crippen LogP contribution is -2.40. The van der Waals surface area contributed by atoms with Crippen molar-refractivity contribution < 1.29 is 18.7 Å². The SMILES string of the molecule is CCOC(=O)/C=C1\C[C@@H](COCc2ccccc2)[C@H]2CCC(CCCO[Si](C)(C)C(C)(C)C)=C12. The zero-order valence-corrected chi connectivity index (χ0v) is 23.1. The van der Waals surface area contributed by atoms with Crippen molar-refractivity contribution in [2.45, 2.75) is 84.5 Å². The van der Waals surface area contributed by atoms with E-state index in [1.54, 1.807) is 6.08 Å². The summed E-state index contributed by atoms with van der Waals surface area (Å²) < 4.78 is 17.8. The quantitative estimate of drug-likeness (QED) is 0.144. The lowest BCUT2D eigenvalue weighted by atomic mass is 9.94. The highest BCUT2D eigenvalue weighted by molar-refractivity contribution is 6.74. The molecule has 0 heterocycles. The molecule has 1 aromatic carbocycles. The van der Waals surface area contributed by atoms with Gasteiger partial charge in [0.05, 0.1) is 19.8 Å². The lowest BCUT2D eigenvalue weighted by molar-refractivity contribution is -0.137. The molecule has 2 atom stereocenters. The largest absolute Gasteiger partial charge is 0.463 e. The third kappa shape index (κ3) is 6.93. The van der Waals surface area contributed by atoms with Crippen molar-refractivity contribution in [1.82, 2.24) is 0 Å². The van der Waals surface area contributed by atoms with Crippen LogP contribution in [-0.2, 0) is 25.3 Å². The van der Waals surface area contributed by atoms with Gasteiger partial charge in [0.15, 0.2) is 8.32 Å². The third-order valence-corrected chi connectivity index (χ3v) is 12.4. The minimum atomic E-state index is -1.71. The molecular weight excluding hydrogens is 440 g/mol. The smallest absolute Gasteiger partial charge is 0.331 e. The van der Waals surface area contributed by atoms with Crippen LogP contribution >= 0.6 is 0 Å². The summed E-state index contributed by atoms with van der Waals surface area (Å²) in [6.45, 7) is 15.9. The first-order chi connectivity index (χ1) is 16.1. The third-order valence-electron chi connectivity index (χ3n) is 7.82. The molecule has 0 aromatic heterocycles. The molecule has 1 saturated carbocycles. The second-order valence-corrected chi connectivity index (χ2v) is 16.1. The van der Waals surface area contributed by atoms with E-state index >= 15 is 0 Å². The Balaban J connectivity index is 1.65. The van der Waals surface area contributed by atoms with E-state index in [0.29, 0.717) is 25.0 Å². The van der Waals surface area contributed by atoms with Gasteiger partial charge in [-0.15, -0.1) is 0 Å². The Labute approximate surface area is 207 Å². The van der Waals surface area contributed by atoms with E-state index in [1.807, 2.05) is 25.1 Å². The summed E-state index contributed by atoms with van der Waals surface area (Å²) in [7, 11) is -1.71. The molecule has 0 bridgehead atoms. The maximum absolute atomic E-state index is 12.3. The van der Waals surface area contributed by atoms with E-state index in [9.17, 15) is 4.79 Å². The second kappa shape index (κ2) is 11.8. The standard InChI is InChI=1S/C29H44O4Si/c1-7-32-27(30)19-24-18-25(21-31-20-22-12-9-8-10-13-22)26-16-15-23(28(24)26)14-11-17-33-34(5,6)29(2,3)4/h8-10,12-13,19,25-26H,7,11,14-18,20-21H2,1-6H3/b24-19+/t25-,26+/m0/s1. The Kier molecular flexibility index (Phi) is 9.36. The summed E-state index contributed by atoms with van der Waals surface area (Å²) in [6.07, 6.45) is 7.03. The number of carbonyl (C=O) groups is 1. The zero-order chi connectivity index (χ0) is 24.8. The number of benzene rings is 1. The van der Waals surface area contributed by atoms with Gasteiger partial charge >= 0.3 is 5.97 Å². The molecular formula is C29H44O4Si. The van der Waals surface area contributed by atoms with Crippen LogP contribution in [0, 0.1) is 11.8 Å². The van der Waals surface area contributed by atoms with Crippen molar-refractivity contribution in [1.29, 1.82) is 0 Å². The second-order valence-electron chi connectivity index (χ2n) is 11.3. The van der Waals surface area contributed by atoms with Gasteiger partial charge in [-0.05, 0) is 85.7 Å². The van der Waals surface area contributed by atoms with Crippen molar-refractivity contribution in [2.24, 2.45) is 11.8 Å². The van der Waals surface area contributed by atoms with E-state index < -0.39 is 8.32 Å². The Morgan fingerprint density at radius 1 is 1.18 bits per heavy atom. The van der Waals surface area contributed by atoms with Crippen LogP contribution in [0.4, 0.5) is 0 Å². The van der Waals surface area contributed by atoms with Crippen LogP contribution < -0.4 is 0 Å². The van der Waals surface area contributed by atoms with Gasteiger partial charge in [0, 0.05) is 12.7 Å². The molecule has 1 aromatic rings. The molecule has 2 aliphatic rings. The first-order valence-corrected chi connectivity index (χ1v) is 15.9. The molecule has 1 fully saturated rings. The summed E-state index contributed by atoms with van der Waals surface area (Å²) in [6, 6.07) is 10.3. The molecule has 2 aliphatic carbocycles. The average Bonchev–Trinajstić information content (AvgIpc) is 3.33. The number of carbonyl (C=O) groups excluding carboxylic acids is 1. The first kappa shape index (κ1) is 26.9. The molecule has 0 spiro atoms. The maximum Gasteiger partial charge on any atom is 0.331 e. The molecule has 34 heavy (non-hydrogen) atoms. The molecule has 3 rings (SSSR count). The molecule has 0 saturated heterocycles. The Hall–Kier alpha value is -1.69. The van der Waals surface area contributed by atoms with Crippen molar-refractivity contribution in [3.05, 3.63) is 58.7 Å². The van der Waals surface area contributed by atoms with Gasteiger partial charge < -0.3 is 13.9 Å². The van der Waals surface area contributed by atoms with Gasteiger partial charge in [0.2, 0.25) is 0 Å². The number of hydrogen-bond donors (Lipinski definition) is 0. The van der Waals surface area contributed by atoms with Crippen LogP contribution in [-0.4, -0.2) is 34.1 Å². The van der Waals surface area contributed by atoms with E-state index in [4.69, 9.17) is 13.9 Å². The van der Waals surface area contributed by atoms with Crippen LogP contribution in [0.3, 0.4) is 0 Å². The summed E-state index contributed by atoms with van der Waals surface area (Å²) in [5, 5.41) is 0.237. The minimum Gasteiger partial charge on any atom is -0.463 e. The summed E-state index contributed by atoms with van der Waals surface area (Å²) in [5.74, 6) is 0.704. The fourth-order valence-electron chi connectivity index (χ4n) is 4.97. The highest BCUT2D eigenvalue weighted by Gasteiger charge is 2.40. The van der Waals surface area contributed by atoms with Crippen LogP contribution in [0.2, 0.25) is 18.1 Å². The van der Waals surface area contributed by atoms with Crippen molar-refractivity contribution >= 4 is 14.3 Å². The highest BCUT2D eigenvalue weighted by Crippen LogP contribution is 2.51. The Morgan fingerprint density at radius 3 is 2.59 bits per heavy atom. The van der Waals surface area contributed by atoms with Crippen LogP contribution in [0.5, 0.6) is 0 Å². The van der Waals surface area contributed by atoms with Crippen molar-refractivity contribution in [2.75, 3.05) is 19.8 Å². The topological polar surface area (TPSA) is 44.8 Å². The van der Waals surface area contributed by atoms with Gasteiger partial charge in [-0.2, -0.15) is 0 Å². The molecule has 4 nitrogen and oxygen atoms in total. The molecule has 0 radical (unpaired) electrons. The minimum absolute atomic E-state index is 0.220. The number of rotatable bonds is 11. The normalized spacial score (nSPS) is 21.9. The Morgan fingerprint density at radius 2 is 1.91 bits per heavy atom. The fraction of sp³-hybridized carbons (Fsp3) is 0.621. The van der Waals surface area contributed by atoms with Gasteiger partial charge in [-0.25, -0.2) is 4.79 Å². The van der Waals surface area contributed by atoms with Crippen molar-refractivity contribution in [3.8, 4) is 0 Å². The molecule has 0 aliphatic heterocycles. The predicted molar refractivity (Wildman–Crippen MR) is 141 cm³/mol. The zero-order valence-electron chi connectivity index (χ0n) is 22.1. The Bertz CT molecular complexity index is 879. The molecule has 188 valence electrons. The number of fused-ring (bicyclic) bond motifs is 1. The summed E-state index contributed by atoms with van der Waals surface area (Å²) in [5.41, 5.74) is 5.32. The van der Waals surface area contributed by atoms with Crippen molar-refractivity contribution in [3.63, 3.8) is 0 Å². The highest BCUT2D eigenvalue weighted by atomic mass is 28.4. The first-order valence-electron chi connectivity index (χ1n) is 13.0. The van der Waals surface area contributed by atoms with Gasteiger partial charge in [0.1, 0.15) is 0 Å². The molecule has 0 unspecified atom stereocenters. The maximum atomic E-state index is 12.3. The molecule has 0 amide bonds. The average molecular weight is 485 g/mol. The van der Waals surface area contributed by atoms with Crippen LogP contribution in [0.15, 0.2) is 53.1 Å². The summed E-state index contributed by atoms with van der Waals surface area (Å²) >= 11 is 0. The van der Waals surface area contributed by atoms with Gasteiger partial charge in [0.25, 0.3) is 0 Å². The fourth-order valence-corrected chi connectivity index (χ4v) is 6.06. The number of allylic oxidation sites excluding steroid dienone is 3.